The summed E-state index contributed by atoms with van der Waals surface area (Å²) in [6, 6.07) is 0. The lowest BCUT2D eigenvalue weighted by molar-refractivity contribution is 0.199. The summed E-state index contributed by atoms with van der Waals surface area (Å²) in [5.74, 6) is 0.907. The van der Waals surface area contributed by atoms with Crippen molar-refractivity contribution in [3.05, 3.63) is 0 Å². The van der Waals surface area contributed by atoms with E-state index in [0.29, 0.717) is 12.0 Å². The number of halogens is 1. The van der Waals surface area contributed by atoms with Crippen molar-refractivity contribution < 1.29 is 5.11 Å². The van der Waals surface area contributed by atoms with Gasteiger partial charge in [-0.2, -0.15) is 0 Å². The molecule has 3 heteroatoms. The molecule has 2 rings (SSSR count). The van der Waals surface area contributed by atoms with Crippen LogP contribution in [0, 0.1) is 11.3 Å². The van der Waals surface area contributed by atoms with Gasteiger partial charge >= 0.3 is 0 Å². The normalized spacial score (nSPS) is 38.6. The Morgan fingerprint density at radius 1 is 1.43 bits per heavy atom. The van der Waals surface area contributed by atoms with E-state index in [1.807, 2.05) is 0 Å². The third-order valence-corrected chi connectivity index (χ3v) is 4.87. The first kappa shape index (κ1) is 10.9. The van der Waals surface area contributed by atoms with E-state index in [1.54, 1.807) is 0 Å². The first-order valence-electron chi connectivity index (χ1n) is 5.67. The minimum atomic E-state index is 0.317. The molecule has 0 aromatic rings. The summed E-state index contributed by atoms with van der Waals surface area (Å²) in [7, 11) is 0. The van der Waals surface area contributed by atoms with Crippen LogP contribution < -0.4 is 0 Å². The van der Waals surface area contributed by atoms with Crippen molar-refractivity contribution in [3.8, 4) is 0 Å². The fourth-order valence-electron chi connectivity index (χ4n) is 3.19. The highest BCUT2D eigenvalue weighted by Gasteiger charge is 2.43. The van der Waals surface area contributed by atoms with E-state index in [2.05, 4.69) is 20.8 Å². The van der Waals surface area contributed by atoms with Gasteiger partial charge in [0.25, 0.3) is 0 Å². The number of nitrogens with zero attached hydrogens (tertiary/aromatic N) is 1. The Kier molecular flexibility index (Phi) is 3.50. The molecule has 82 valence electrons. The Morgan fingerprint density at radius 2 is 2.29 bits per heavy atom. The molecule has 1 spiro atoms. The van der Waals surface area contributed by atoms with Crippen molar-refractivity contribution in [2.75, 3.05) is 31.6 Å². The molecule has 1 heterocycles. The highest BCUT2D eigenvalue weighted by molar-refractivity contribution is 9.09. The lowest BCUT2D eigenvalue weighted by Crippen LogP contribution is -2.27. The van der Waals surface area contributed by atoms with Gasteiger partial charge in [-0.1, -0.05) is 15.9 Å². The third kappa shape index (κ3) is 2.15. The van der Waals surface area contributed by atoms with Crippen molar-refractivity contribution in [2.45, 2.75) is 25.7 Å². The van der Waals surface area contributed by atoms with Gasteiger partial charge in [0.15, 0.2) is 0 Å². The minimum absolute atomic E-state index is 0.317. The van der Waals surface area contributed by atoms with Crippen LogP contribution in [-0.4, -0.2) is 41.6 Å². The van der Waals surface area contributed by atoms with E-state index in [-0.39, 0.29) is 0 Å². The van der Waals surface area contributed by atoms with Crippen LogP contribution in [-0.2, 0) is 0 Å². The van der Waals surface area contributed by atoms with E-state index in [9.17, 15) is 0 Å². The Labute approximate surface area is 94.8 Å². The van der Waals surface area contributed by atoms with Crippen LogP contribution in [0.25, 0.3) is 0 Å². The molecule has 0 amide bonds. The molecule has 1 aliphatic heterocycles. The zero-order valence-electron chi connectivity index (χ0n) is 8.71. The lowest BCUT2D eigenvalue weighted by atomic mass is 9.85. The number of likely N-dealkylation sites (tertiary alicyclic amines) is 1. The Balaban J connectivity index is 1.87. The van der Waals surface area contributed by atoms with Crippen LogP contribution in [0.15, 0.2) is 0 Å². The minimum Gasteiger partial charge on any atom is -0.395 e. The first-order chi connectivity index (χ1) is 6.78. The SMILES string of the molecule is OCCN1CC[C@]2(CC[C@@H](CBr)C2)C1. The number of β-amino-alcohol motifs (C(OH)–C–C–N with tert-alkyl or cyclic N) is 1. The van der Waals surface area contributed by atoms with Crippen LogP contribution in [0.2, 0.25) is 0 Å². The molecule has 2 nitrogen and oxygen atoms in total. The predicted molar refractivity (Wildman–Crippen MR) is 61.7 cm³/mol. The summed E-state index contributed by atoms with van der Waals surface area (Å²) in [6.45, 7) is 3.63. The maximum absolute atomic E-state index is 8.91. The quantitative estimate of drug-likeness (QED) is 0.785. The molecule has 1 N–H and O–H groups in total. The van der Waals surface area contributed by atoms with Crippen LogP contribution in [0.5, 0.6) is 0 Å². The highest BCUT2D eigenvalue weighted by Crippen LogP contribution is 2.48. The second-order valence-corrected chi connectivity index (χ2v) is 5.66. The van der Waals surface area contributed by atoms with E-state index in [0.717, 1.165) is 12.5 Å². The van der Waals surface area contributed by atoms with Crippen LogP contribution in [0.1, 0.15) is 25.7 Å². The molecule has 14 heavy (non-hydrogen) atoms. The van der Waals surface area contributed by atoms with Gasteiger partial charge in [0.1, 0.15) is 0 Å². The van der Waals surface area contributed by atoms with E-state index in [1.165, 1.54) is 44.1 Å². The van der Waals surface area contributed by atoms with Crippen LogP contribution in [0.4, 0.5) is 0 Å². The molecular weight excluding hydrogens is 242 g/mol. The zero-order chi connectivity index (χ0) is 10.0. The van der Waals surface area contributed by atoms with Crippen molar-refractivity contribution >= 4 is 15.9 Å². The molecule has 0 unspecified atom stereocenters. The summed E-state index contributed by atoms with van der Waals surface area (Å²) < 4.78 is 0. The molecule has 0 radical (unpaired) electrons. The Bertz CT molecular complexity index is 200. The molecule has 1 saturated carbocycles. The van der Waals surface area contributed by atoms with Gasteiger partial charge in [-0.15, -0.1) is 0 Å². The molecule has 0 aromatic heterocycles. The van der Waals surface area contributed by atoms with E-state index >= 15 is 0 Å². The molecule has 2 atom stereocenters. The average Bonchev–Trinajstić information content (AvgIpc) is 2.76. The van der Waals surface area contributed by atoms with Gasteiger partial charge in [-0.3, -0.25) is 0 Å². The zero-order valence-corrected chi connectivity index (χ0v) is 10.3. The van der Waals surface area contributed by atoms with Crippen molar-refractivity contribution in [2.24, 2.45) is 11.3 Å². The van der Waals surface area contributed by atoms with Gasteiger partial charge in [0.05, 0.1) is 6.61 Å². The molecule has 2 aliphatic rings. The second kappa shape index (κ2) is 4.50. The average molecular weight is 262 g/mol. The third-order valence-electron chi connectivity index (χ3n) is 3.96. The summed E-state index contributed by atoms with van der Waals surface area (Å²) >= 11 is 3.60. The highest BCUT2D eigenvalue weighted by atomic mass is 79.9. The van der Waals surface area contributed by atoms with Crippen molar-refractivity contribution in [1.82, 2.24) is 4.90 Å². The second-order valence-electron chi connectivity index (χ2n) is 5.01. The number of rotatable bonds is 3. The van der Waals surface area contributed by atoms with Gasteiger partial charge in [0.2, 0.25) is 0 Å². The van der Waals surface area contributed by atoms with Crippen LogP contribution in [0.3, 0.4) is 0 Å². The maximum atomic E-state index is 8.91. The number of hydrogen-bond acceptors (Lipinski definition) is 2. The van der Waals surface area contributed by atoms with Crippen molar-refractivity contribution in [1.29, 1.82) is 0 Å². The van der Waals surface area contributed by atoms with Crippen LogP contribution >= 0.6 is 15.9 Å². The predicted octanol–water partition coefficient (Wildman–Crippen LogP) is 1.87. The molecule has 1 saturated heterocycles. The Morgan fingerprint density at radius 3 is 2.93 bits per heavy atom. The lowest BCUT2D eigenvalue weighted by Gasteiger charge is -2.23. The van der Waals surface area contributed by atoms with Gasteiger partial charge in [-0.05, 0) is 43.6 Å². The summed E-state index contributed by atoms with van der Waals surface area (Å²) in [6.07, 6.45) is 5.57. The number of hydrogen-bond donors (Lipinski definition) is 1. The van der Waals surface area contributed by atoms with Gasteiger partial charge in [-0.25, -0.2) is 0 Å². The largest absolute Gasteiger partial charge is 0.395 e. The molecule has 0 bridgehead atoms. The number of aliphatic hydroxyl groups is 1. The molecule has 1 aliphatic carbocycles. The number of alkyl halides is 1. The van der Waals surface area contributed by atoms with Gasteiger partial charge < -0.3 is 10.0 Å². The van der Waals surface area contributed by atoms with E-state index < -0.39 is 0 Å². The van der Waals surface area contributed by atoms with E-state index in [4.69, 9.17) is 5.11 Å². The standard InChI is InChI=1S/C11H20BrNO/c12-8-10-1-2-11(7-10)3-4-13(9-11)5-6-14/h10,14H,1-9H2/t10-,11+/m1/s1. The van der Waals surface area contributed by atoms with Crippen molar-refractivity contribution in [3.63, 3.8) is 0 Å². The summed E-state index contributed by atoms with van der Waals surface area (Å²) in [5, 5.41) is 10.1. The summed E-state index contributed by atoms with van der Waals surface area (Å²) in [5.41, 5.74) is 0.619. The maximum Gasteiger partial charge on any atom is 0.0558 e. The fraction of sp³-hybridized carbons (Fsp3) is 1.00. The fourth-order valence-corrected chi connectivity index (χ4v) is 3.74. The first-order valence-corrected chi connectivity index (χ1v) is 6.79. The topological polar surface area (TPSA) is 23.5 Å². The number of aliphatic hydroxyl groups excluding tert-OH is 1. The smallest absolute Gasteiger partial charge is 0.0558 e. The molecular formula is C11H20BrNO. The van der Waals surface area contributed by atoms with Gasteiger partial charge in [0, 0.05) is 18.4 Å². The molecule has 2 fully saturated rings. The summed E-state index contributed by atoms with van der Waals surface area (Å²) in [4.78, 5) is 2.43. The monoisotopic (exact) mass is 261 g/mol. The Hall–Kier alpha value is 0.400. The molecule has 0 aromatic carbocycles.